The molecule has 4 heteroatoms. The Balaban J connectivity index is 1.32. The molecule has 1 atom stereocenters. The van der Waals surface area contributed by atoms with Crippen molar-refractivity contribution in [1.29, 1.82) is 0 Å². The lowest BCUT2D eigenvalue weighted by Crippen LogP contribution is -2.52. The number of hydrazone groups is 1. The number of fused-ring (bicyclic) bond motifs is 1. The number of carbonyl (C=O) groups is 1. The van der Waals surface area contributed by atoms with E-state index in [1.165, 1.54) is 24.0 Å². The second-order valence-corrected chi connectivity index (χ2v) is 8.05. The maximum Gasteiger partial charge on any atom is 0.252 e. The average molecular weight is 359 g/mol. The van der Waals surface area contributed by atoms with E-state index in [9.17, 15) is 4.79 Å². The molecule has 1 amide bonds. The van der Waals surface area contributed by atoms with Crippen LogP contribution in [0.1, 0.15) is 36.0 Å². The maximum atomic E-state index is 12.7. The zero-order chi connectivity index (χ0) is 18.3. The van der Waals surface area contributed by atoms with Gasteiger partial charge in [-0.1, -0.05) is 54.6 Å². The predicted octanol–water partition coefficient (Wildman–Crippen LogP) is 3.16. The molecule has 2 aliphatic heterocycles. The third-order valence-corrected chi connectivity index (χ3v) is 6.69. The van der Waals surface area contributed by atoms with E-state index in [2.05, 4.69) is 51.8 Å². The molecule has 1 fully saturated rings. The second-order valence-electron chi connectivity index (χ2n) is 8.05. The van der Waals surface area contributed by atoms with Gasteiger partial charge in [-0.15, -0.1) is 0 Å². The minimum absolute atomic E-state index is 0.0787. The number of aryl methyl sites for hydroxylation is 1. The van der Waals surface area contributed by atoms with Crippen LogP contribution in [0, 0.1) is 5.41 Å². The van der Waals surface area contributed by atoms with Crippen LogP contribution in [0.3, 0.4) is 0 Å². The quantitative estimate of drug-likeness (QED) is 0.895. The van der Waals surface area contributed by atoms with Gasteiger partial charge in [-0.2, -0.15) is 5.10 Å². The fourth-order valence-corrected chi connectivity index (χ4v) is 5.09. The molecule has 5 rings (SSSR count). The molecule has 0 aromatic heterocycles. The topological polar surface area (TPSA) is 44.7 Å². The molecular formula is C23H25N3O. The molecule has 2 aromatic carbocycles. The van der Waals surface area contributed by atoms with Crippen LogP contribution < -0.4 is 5.43 Å². The number of carbonyl (C=O) groups excluding carboxylic acids is 1. The van der Waals surface area contributed by atoms with Gasteiger partial charge in [0.2, 0.25) is 0 Å². The highest BCUT2D eigenvalue weighted by Gasteiger charge is 2.50. The molecule has 1 N–H and O–H groups in total. The molecule has 4 nitrogen and oxygen atoms in total. The van der Waals surface area contributed by atoms with Gasteiger partial charge in [-0.25, -0.2) is 5.43 Å². The van der Waals surface area contributed by atoms with Gasteiger partial charge in [0.25, 0.3) is 5.91 Å². The van der Waals surface area contributed by atoms with Crippen molar-refractivity contribution in [3.05, 3.63) is 71.3 Å². The van der Waals surface area contributed by atoms with Crippen LogP contribution in [-0.2, 0) is 17.6 Å². The van der Waals surface area contributed by atoms with E-state index in [4.69, 9.17) is 0 Å². The highest BCUT2D eigenvalue weighted by Crippen LogP contribution is 2.40. The van der Waals surface area contributed by atoms with Gasteiger partial charge in [0.05, 0.1) is 11.1 Å². The van der Waals surface area contributed by atoms with Crippen molar-refractivity contribution in [1.82, 2.24) is 10.3 Å². The zero-order valence-corrected chi connectivity index (χ0v) is 15.5. The van der Waals surface area contributed by atoms with Gasteiger partial charge in [0.1, 0.15) is 0 Å². The smallest absolute Gasteiger partial charge is 0.252 e. The first kappa shape index (κ1) is 16.7. The van der Waals surface area contributed by atoms with Gasteiger partial charge in [0, 0.05) is 6.04 Å². The molecule has 1 spiro atoms. The van der Waals surface area contributed by atoms with E-state index in [0.717, 1.165) is 43.6 Å². The first-order valence-electron chi connectivity index (χ1n) is 10.0. The summed E-state index contributed by atoms with van der Waals surface area (Å²) in [4.78, 5) is 15.3. The molecule has 0 bridgehead atoms. The summed E-state index contributed by atoms with van der Waals surface area (Å²) in [6, 6.07) is 19.6. The summed E-state index contributed by atoms with van der Waals surface area (Å²) in [5.41, 5.74) is 7.32. The summed E-state index contributed by atoms with van der Waals surface area (Å²) in [6.45, 7) is 1.93. The van der Waals surface area contributed by atoms with Crippen LogP contribution in [0.4, 0.5) is 0 Å². The lowest BCUT2D eigenvalue weighted by Gasteiger charge is -2.43. The fraction of sp³-hybridized carbons (Fsp3) is 0.391. The summed E-state index contributed by atoms with van der Waals surface area (Å²) in [6.07, 6.45) is 5.22. The molecule has 1 saturated heterocycles. The Labute approximate surface area is 160 Å². The summed E-state index contributed by atoms with van der Waals surface area (Å²) < 4.78 is 0. The number of amides is 1. The van der Waals surface area contributed by atoms with Crippen molar-refractivity contribution >= 4 is 11.6 Å². The van der Waals surface area contributed by atoms with Crippen molar-refractivity contribution in [2.24, 2.45) is 10.5 Å². The predicted molar refractivity (Wildman–Crippen MR) is 107 cm³/mol. The Hall–Kier alpha value is -2.46. The van der Waals surface area contributed by atoms with Crippen LogP contribution in [0.5, 0.6) is 0 Å². The first-order chi connectivity index (χ1) is 13.3. The van der Waals surface area contributed by atoms with Gasteiger partial charge in [0.15, 0.2) is 0 Å². The van der Waals surface area contributed by atoms with Crippen LogP contribution in [0.15, 0.2) is 59.7 Å². The van der Waals surface area contributed by atoms with Crippen molar-refractivity contribution in [3.63, 3.8) is 0 Å². The first-order valence-corrected chi connectivity index (χ1v) is 10.0. The molecule has 0 radical (unpaired) electrons. The zero-order valence-electron chi connectivity index (χ0n) is 15.5. The number of hydrogen-bond acceptors (Lipinski definition) is 3. The lowest BCUT2D eigenvalue weighted by molar-refractivity contribution is -0.128. The molecule has 3 aliphatic rings. The largest absolute Gasteiger partial charge is 0.300 e. The average Bonchev–Trinajstić information content (AvgIpc) is 3.04. The number of rotatable bonds is 2. The second kappa shape index (κ2) is 6.61. The number of benzene rings is 2. The lowest BCUT2D eigenvalue weighted by atomic mass is 9.71. The fourth-order valence-electron chi connectivity index (χ4n) is 5.09. The molecule has 2 aromatic rings. The number of hydrogen-bond donors (Lipinski definition) is 1. The van der Waals surface area contributed by atoms with Crippen molar-refractivity contribution in [3.8, 4) is 0 Å². The van der Waals surface area contributed by atoms with E-state index in [1.54, 1.807) is 0 Å². The Morgan fingerprint density at radius 2 is 1.67 bits per heavy atom. The van der Waals surface area contributed by atoms with Gasteiger partial charge in [-0.3, -0.25) is 9.69 Å². The molecule has 0 saturated carbocycles. The number of likely N-dealkylation sites (tertiary alicyclic amines) is 1. The van der Waals surface area contributed by atoms with Crippen molar-refractivity contribution in [2.75, 3.05) is 13.1 Å². The Kier molecular flexibility index (Phi) is 4.09. The van der Waals surface area contributed by atoms with Gasteiger partial charge < -0.3 is 0 Å². The Bertz CT molecular complexity index is 882. The van der Waals surface area contributed by atoms with Gasteiger partial charge in [-0.05, 0) is 61.9 Å². The van der Waals surface area contributed by atoms with Crippen LogP contribution in [-0.4, -0.2) is 35.7 Å². The molecule has 27 heavy (non-hydrogen) atoms. The molecule has 2 heterocycles. The maximum absolute atomic E-state index is 12.7. The minimum Gasteiger partial charge on any atom is -0.300 e. The summed E-state index contributed by atoms with van der Waals surface area (Å²) in [5.74, 6) is 0.0787. The van der Waals surface area contributed by atoms with E-state index in [-0.39, 0.29) is 5.91 Å². The molecule has 1 aliphatic carbocycles. The van der Waals surface area contributed by atoms with E-state index in [0.29, 0.717) is 6.04 Å². The number of piperidine rings is 1. The Morgan fingerprint density at radius 3 is 2.44 bits per heavy atom. The third-order valence-electron chi connectivity index (χ3n) is 6.69. The number of nitrogens with zero attached hydrogens (tertiary/aromatic N) is 2. The molecular weight excluding hydrogens is 334 g/mol. The monoisotopic (exact) mass is 359 g/mol. The normalized spacial score (nSPS) is 24.4. The summed E-state index contributed by atoms with van der Waals surface area (Å²) in [5, 5.41) is 4.43. The summed E-state index contributed by atoms with van der Waals surface area (Å²) >= 11 is 0. The van der Waals surface area contributed by atoms with Crippen LogP contribution in [0.25, 0.3) is 0 Å². The minimum atomic E-state index is -0.454. The number of nitrogens with one attached hydrogen (secondary N) is 1. The van der Waals surface area contributed by atoms with Gasteiger partial charge >= 0.3 is 0 Å². The SMILES string of the molecule is O=C1NN=C(c2ccccc2)C12CCN(C1CCc3ccccc3C1)CC2. The van der Waals surface area contributed by atoms with E-state index < -0.39 is 5.41 Å². The van der Waals surface area contributed by atoms with E-state index in [1.807, 2.05) is 18.2 Å². The highest BCUT2D eigenvalue weighted by molar-refractivity contribution is 6.19. The van der Waals surface area contributed by atoms with Crippen molar-refractivity contribution < 1.29 is 4.79 Å². The third kappa shape index (κ3) is 2.79. The molecule has 1 unspecified atom stereocenters. The summed E-state index contributed by atoms with van der Waals surface area (Å²) in [7, 11) is 0. The Morgan fingerprint density at radius 1 is 0.963 bits per heavy atom. The van der Waals surface area contributed by atoms with Crippen molar-refractivity contribution in [2.45, 2.75) is 38.1 Å². The van der Waals surface area contributed by atoms with E-state index >= 15 is 0 Å². The standard InChI is InChI=1S/C23H25N3O/c27-22-23(21(24-25-22)18-7-2-1-3-8-18)12-14-26(15-13-23)20-11-10-17-6-4-5-9-19(17)16-20/h1-9,20H,10-16H2,(H,25,27). The van der Waals surface area contributed by atoms with Crippen LogP contribution >= 0.6 is 0 Å². The molecule has 138 valence electrons. The van der Waals surface area contributed by atoms with Crippen LogP contribution in [0.2, 0.25) is 0 Å². The highest BCUT2D eigenvalue weighted by atomic mass is 16.2.